The van der Waals surface area contributed by atoms with Gasteiger partial charge in [-0.25, -0.2) is 8.78 Å². The molecule has 0 saturated heterocycles. The molecular formula is C25H30F2. The molecule has 0 heterocycles. The van der Waals surface area contributed by atoms with Crippen molar-refractivity contribution in [2.24, 2.45) is 0 Å². The van der Waals surface area contributed by atoms with Gasteiger partial charge in [0, 0.05) is 12.8 Å². The first-order valence-corrected chi connectivity index (χ1v) is 10.3. The maximum absolute atomic E-state index is 13.3. The number of benzene rings is 2. The van der Waals surface area contributed by atoms with Gasteiger partial charge >= 0.3 is 0 Å². The fourth-order valence-electron chi connectivity index (χ4n) is 3.84. The van der Waals surface area contributed by atoms with E-state index in [0.29, 0.717) is 12.8 Å². The molecule has 1 fully saturated rings. The topological polar surface area (TPSA) is 0 Å². The Kier molecular flexibility index (Phi) is 6.82. The average molecular weight is 369 g/mol. The molecule has 0 bridgehead atoms. The molecule has 2 heteroatoms. The van der Waals surface area contributed by atoms with Crippen LogP contribution < -0.4 is 0 Å². The number of unbranched alkanes of at least 4 members (excludes halogenated alkanes) is 3. The molecule has 0 nitrogen and oxygen atoms in total. The van der Waals surface area contributed by atoms with Crippen LogP contribution in [0.2, 0.25) is 0 Å². The van der Waals surface area contributed by atoms with Gasteiger partial charge in [0.2, 0.25) is 5.92 Å². The summed E-state index contributed by atoms with van der Waals surface area (Å²) in [4.78, 5) is 0. The van der Waals surface area contributed by atoms with Crippen LogP contribution in [0.25, 0.3) is 17.2 Å². The van der Waals surface area contributed by atoms with Crippen molar-refractivity contribution in [3.8, 4) is 11.1 Å². The van der Waals surface area contributed by atoms with Crippen molar-refractivity contribution in [2.75, 3.05) is 0 Å². The molecule has 0 aromatic heterocycles. The lowest BCUT2D eigenvalue weighted by atomic mass is 9.82. The van der Waals surface area contributed by atoms with E-state index in [1.54, 1.807) is 0 Å². The SMILES string of the molecule is CCCCCC=Cc1ccc(-c2ccc(C3CCC(F)(F)CC3)cc2)cc1. The Balaban J connectivity index is 1.58. The summed E-state index contributed by atoms with van der Waals surface area (Å²) < 4.78 is 26.7. The van der Waals surface area contributed by atoms with Gasteiger partial charge in [-0.3, -0.25) is 0 Å². The van der Waals surface area contributed by atoms with E-state index in [2.05, 4.69) is 67.6 Å². The molecule has 144 valence electrons. The van der Waals surface area contributed by atoms with E-state index >= 15 is 0 Å². The van der Waals surface area contributed by atoms with Crippen LogP contribution in [0.1, 0.15) is 75.3 Å². The molecule has 1 saturated carbocycles. The molecule has 0 spiro atoms. The van der Waals surface area contributed by atoms with E-state index < -0.39 is 5.92 Å². The minimum Gasteiger partial charge on any atom is -0.207 e. The van der Waals surface area contributed by atoms with Crippen LogP contribution in [0, 0.1) is 0 Å². The lowest BCUT2D eigenvalue weighted by molar-refractivity contribution is -0.0382. The molecule has 2 aromatic rings. The van der Waals surface area contributed by atoms with Crippen LogP contribution in [0.3, 0.4) is 0 Å². The second kappa shape index (κ2) is 9.30. The Morgan fingerprint density at radius 1 is 0.889 bits per heavy atom. The van der Waals surface area contributed by atoms with Gasteiger partial charge in [-0.1, -0.05) is 80.4 Å². The first-order valence-electron chi connectivity index (χ1n) is 10.3. The van der Waals surface area contributed by atoms with Crippen LogP contribution in [-0.2, 0) is 0 Å². The van der Waals surface area contributed by atoms with Gasteiger partial charge in [0.15, 0.2) is 0 Å². The lowest BCUT2D eigenvalue weighted by Crippen LogP contribution is -2.23. The highest BCUT2D eigenvalue weighted by Gasteiger charge is 2.35. The van der Waals surface area contributed by atoms with Crippen molar-refractivity contribution in [1.82, 2.24) is 0 Å². The maximum atomic E-state index is 13.3. The molecule has 1 aliphatic rings. The lowest BCUT2D eigenvalue weighted by Gasteiger charge is -2.28. The number of alkyl halides is 2. The van der Waals surface area contributed by atoms with Gasteiger partial charge in [0.1, 0.15) is 0 Å². The number of halogens is 2. The zero-order valence-corrected chi connectivity index (χ0v) is 16.3. The van der Waals surface area contributed by atoms with Crippen LogP contribution >= 0.6 is 0 Å². The van der Waals surface area contributed by atoms with Gasteiger partial charge in [-0.15, -0.1) is 0 Å². The molecule has 0 atom stereocenters. The van der Waals surface area contributed by atoms with E-state index in [1.165, 1.54) is 41.5 Å². The Labute approximate surface area is 162 Å². The summed E-state index contributed by atoms with van der Waals surface area (Å²) >= 11 is 0. The van der Waals surface area contributed by atoms with Crippen molar-refractivity contribution < 1.29 is 8.78 Å². The number of hydrogen-bond acceptors (Lipinski definition) is 0. The van der Waals surface area contributed by atoms with Crippen molar-refractivity contribution in [3.05, 3.63) is 65.7 Å². The molecule has 27 heavy (non-hydrogen) atoms. The van der Waals surface area contributed by atoms with Crippen molar-refractivity contribution in [2.45, 2.75) is 70.1 Å². The first-order chi connectivity index (χ1) is 13.1. The van der Waals surface area contributed by atoms with Crippen LogP contribution in [0.15, 0.2) is 54.6 Å². The second-order valence-electron chi connectivity index (χ2n) is 7.77. The molecular weight excluding hydrogens is 338 g/mol. The van der Waals surface area contributed by atoms with Gasteiger partial charge < -0.3 is 0 Å². The maximum Gasteiger partial charge on any atom is 0.248 e. The standard InChI is InChI=1S/C25H30F2/c1-2-3-4-5-6-7-20-8-10-21(11-9-20)22-12-14-23(15-13-22)24-16-18-25(26,27)19-17-24/h6-15,24H,2-5,16-19H2,1H3. The quantitative estimate of drug-likeness (QED) is 0.432. The van der Waals surface area contributed by atoms with Crippen LogP contribution in [-0.4, -0.2) is 5.92 Å². The van der Waals surface area contributed by atoms with Crippen molar-refractivity contribution >= 4 is 6.08 Å². The predicted molar refractivity (Wildman–Crippen MR) is 111 cm³/mol. The second-order valence-corrected chi connectivity index (χ2v) is 7.77. The van der Waals surface area contributed by atoms with E-state index in [4.69, 9.17) is 0 Å². The monoisotopic (exact) mass is 368 g/mol. The zero-order chi connectivity index (χ0) is 19.1. The molecule has 0 amide bonds. The Morgan fingerprint density at radius 3 is 2.07 bits per heavy atom. The van der Waals surface area contributed by atoms with Gasteiger partial charge in [-0.05, 0) is 53.9 Å². The minimum absolute atomic E-state index is 0.0207. The smallest absolute Gasteiger partial charge is 0.207 e. The highest BCUT2D eigenvalue weighted by Crippen LogP contribution is 2.41. The number of allylic oxidation sites excluding steroid dienone is 1. The van der Waals surface area contributed by atoms with E-state index in [1.807, 2.05) is 0 Å². The van der Waals surface area contributed by atoms with Crippen LogP contribution in [0.5, 0.6) is 0 Å². The summed E-state index contributed by atoms with van der Waals surface area (Å²) in [5.74, 6) is -2.18. The Hall–Kier alpha value is -1.96. The van der Waals surface area contributed by atoms with Crippen molar-refractivity contribution in [3.63, 3.8) is 0 Å². The summed E-state index contributed by atoms with van der Waals surface area (Å²) in [7, 11) is 0. The third kappa shape index (κ3) is 5.76. The van der Waals surface area contributed by atoms with Gasteiger partial charge in [-0.2, -0.15) is 0 Å². The van der Waals surface area contributed by atoms with Gasteiger partial charge in [0.05, 0.1) is 0 Å². The molecule has 0 aliphatic heterocycles. The Morgan fingerprint density at radius 2 is 1.48 bits per heavy atom. The molecule has 2 aromatic carbocycles. The predicted octanol–water partition coefficient (Wildman–Crippen LogP) is 8.24. The summed E-state index contributed by atoms with van der Waals surface area (Å²) in [5.41, 5.74) is 4.80. The minimum atomic E-state index is -2.46. The fourth-order valence-corrected chi connectivity index (χ4v) is 3.84. The van der Waals surface area contributed by atoms with Crippen LogP contribution in [0.4, 0.5) is 8.78 Å². The summed E-state index contributed by atoms with van der Waals surface area (Å²) in [6.07, 6.45) is 10.6. The molecule has 1 aliphatic carbocycles. The van der Waals surface area contributed by atoms with Gasteiger partial charge in [0.25, 0.3) is 0 Å². The fraction of sp³-hybridized carbons (Fsp3) is 0.440. The van der Waals surface area contributed by atoms with E-state index in [-0.39, 0.29) is 18.8 Å². The highest BCUT2D eigenvalue weighted by molar-refractivity contribution is 5.66. The molecule has 0 unspecified atom stereocenters. The molecule has 0 N–H and O–H groups in total. The third-order valence-corrected chi connectivity index (χ3v) is 5.63. The Bertz CT molecular complexity index is 716. The zero-order valence-electron chi connectivity index (χ0n) is 16.3. The normalized spacial score (nSPS) is 17.4. The number of rotatable bonds is 7. The molecule has 3 rings (SSSR count). The average Bonchev–Trinajstić information content (AvgIpc) is 2.69. The summed E-state index contributed by atoms with van der Waals surface area (Å²) in [6, 6.07) is 17.1. The largest absolute Gasteiger partial charge is 0.248 e. The first kappa shape index (κ1) is 19.8. The summed E-state index contributed by atoms with van der Waals surface area (Å²) in [6.45, 7) is 2.22. The molecule has 0 radical (unpaired) electrons. The van der Waals surface area contributed by atoms with Crippen molar-refractivity contribution in [1.29, 1.82) is 0 Å². The summed E-state index contributed by atoms with van der Waals surface area (Å²) in [5, 5.41) is 0. The highest BCUT2D eigenvalue weighted by atomic mass is 19.3. The van der Waals surface area contributed by atoms with E-state index in [0.717, 1.165) is 6.42 Å². The third-order valence-electron chi connectivity index (χ3n) is 5.63. The number of hydrogen-bond donors (Lipinski definition) is 0. The van der Waals surface area contributed by atoms with E-state index in [9.17, 15) is 8.78 Å².